The lowest BCUT2D eigenvalue weighted by atomic mass is 9.68. The molecule has 3 nitrogen and oxygen atoms in total. The first-order valence-corrected chi connectivity index (χ1v) is 8.55. The second-order valence-corrected chi connectivity index (χ2v) is 7.27. The normalized spacial score (nSPS) is 23.0. The van der Waals surface area contributed by atoms with Crippen molar-refractivity contribution < 1.29 is 4.74 Å². The van der Waals surface area contributed by atoms with Crippen LogP contribution in [0.2, 0.25) is 5.15 Å². The molecule has 1 fully saturated rings. The van der Waals surface area contributed by atoms with E-state index in [1.807, 2.05) is 0 Å². The molecule has 0 bridgehead atoms. The Bertz CT molecular complexity index is 425. The summed E-state index contributed by atoms with van der Waals surface area (Å²) in [7, 11) is 0. The molecular weight excluding hydrogens is 284 g/mol. The molecule has 1 heterocycles. The van der Waals surface area contributed by atoms with E-state index in [2.05, 4.69) is 31.0 Å². The van der Waals surface area contributed by atoms with Gasteiger partial charge in [0.25, 0.3) is 0 Å². The summed E-state index contributed by atoms with van der Waals surface area (Å²) in [6.45, 7) is 7.13. The maximum Gasteiger partial charge on any atom is 0.233 e. The summed E-state index contributed by atoms with van der Waals surface area (Å²) in [5.41, 5.74) is 0.459. The molecule has 0 N–H and O–H groups in total. The Balaban J connectivity index is 1.81. The van der Waals surface area contributed by atoms with Gasteiger partial charge in [0.05, 0.1) is 0 Å². The summed E-state index contributed by atoms with van der Waals surface area (Å²) in [6, 6.07) is 3.52. The van der Waals surface area contributed by atoms with Crippen LogP contribution in [0.4, 0.5) is 0 Å². The number of nitrogens with zero attached hydrogens (tertiary/aromatic N) is 2. The highest BCUT2D eigenvalue weighted by Crippen LogP contribution is 2.42. The molecule has 0 unspecified atom stereocenters. The summed E-state index contributed by atoms with van der Waals surface area (Å²) in [6.07, 6.45) is 8.97. The molecule has 1 aromatic heterocycles. The molecule has 1 aliphatic carbocycles. The second-order valence-electron chi connectivity index (χ2n) is 6.88. The molecule has 0 aliphatic heterocycles. The highest BCUT2D eigenvalue weighted by molar-refractivity contribution is 6.29. The van der Waals surface area contributed by atoms with E-state index in [4.69, 9.17) is 16.3 Å². The van der Waals surface area contributed by atoms with E-state index in [1.54, 1.807) is 12.1 Å². The lowest BCUT2D eigenvalue weighted by Crippen LogP contribution is -2.32. The molecule has 1 aromatic rings. The van der Waals surface area contributed by atoms with Gasteiger partial charge in [0, 0.05) is 6.07 Å². The van der Waals surface area contributed by atoms with Crippen molar-refractivity contribution in [2.45, 2.75) is 71.8 Å². The summed E-state index contributed by atoms with van der Waals surface area (Å²) < 4.78 is 5.92. The van der Waals surface area contributed by atoms with E-state index in [-0.39, 0.29) is 6.10 Å². The molecule has 4 heteroatoms. The van der Waals surface area contributed by atoms with E-state index in [0.29, 0.717) is 16.4 Å². The lowest BCUT2D eigenvalue weighted by molar-refractivity contribution is 0.0712. The molecular formula is C17H27ClN2O. The maximum atomic E-state index is 5.92. The van der Waals surface area contributed by atoms with Crippen LogP contribution in [0, 0.1) is 11.3 Å². The zero-order chi connectivity index (χ0) is 15.3. The van der Waals surface area contributed by atoms with Gasteiger partial charge in [-0.1, -0.05) is 45.2 Å². The molecule has 2 rings (SSSR count). The zero-order valence-corrected chi connectivity index (χ0v) is 14.2. The van der Waals surface area contributed by atoms with Gasteiger partial charge >= 0.3 is 0 Å². The van der Waals surface area contributed by atoms with Crippen molar-refractivity contribution in [1.82, 2.24) is 10.2 Å². The van der Waals surface area contributed by atoms with Crippen LogP contribution in [-0.2, 0) is 0 Å². The smallest absolute Gasteiger partial charge is 0.233 e. The number of unbranched alkanes of at least 4 members (excludes halogenated alkanes) is 1. The minimum absolute atomic E-state index is 0.277. The van der Waals surface area contributed by atoms with Crippen LogP contribution in [0.25, 0.3) is 0 Å². The number of aromatic nitrogens is 2. The van der Waals surface area contributed by atoms with Gasteiger partial charge in [-0.3, -0.25) is 0 Å². The van der Waals surface area contributed by atoms with E-state index in [1.165, 1.54) is 32.1 Å². The Labute approximate surface area is 133 Å². The molecule has 21 heavy (non-hydrogen) atoms. The molecule has 0 spiro atoms. The molecule has 0 aromatic carbocycles. The van der Waals surface area contributed by atoms with Crippen LogP contribution in [0.5, 0.6) is 5.88 Å². The zero-order valence-electron chi connectivity index (χ0n) is 13.4. The highest BCUT2D eigenvalue weighted by Gasteiger charge is 2.33. The Morgan fingerprint density at radius 1 is 1.19 bits per heavy atom. The fraction of sp³-hybridized carbons (Fsp3) is 0.765. The first kappa shape index (κ1) is 16.5. The van der Waals surface area contributed by atoms with Crippen molar-refractivity contribution in [3.05, 3.63) is 17.3 Å². The maximum absolute atomic E-state index is 5.92. The Hall–Kier alpha value is -0.830. The van der Waals surface area contributed by atoms with Crippen LogP contribution in [0.15, 0.2) is 12.1 Å². The van der Waals surface area contributed by atoms with Crippen LogP contribution >= 0.6 is 11.6 Å². The largest absolute Gasteiger partial charge is 0.473 e. The van der Waals surface area contributed by atoms with Crippen molar-refractivity contribution in [1.29, 1.82) is 0 Å². The molecule has 0 atom stereocenters. The first-order chi connectivity index (χ1) is 10.0. The Kier molecular flexibility index (Phi) is 5.86. The quantitative estimate of drug-likeness (QED) is 0.716. The average Bonchev–Trinajstić information content (AvgIpc) is 2.48. The summed E-state index contributed by atoms with van der Waals surface area (Å²) in [5.74, 6) is 1.41. The number of hydrogen-bond donors (Lipinski definition) is 0. The van der Waals surface area contributed by atoms with E-state index in [9.17, 15) is 0 Å². The predicted molar refractivity (Wildman–Crippen MR) is 86.7 cm³/mol. The minimum Gasteiger partial charge on any atom is -0.473 e. The van der Waals surface area contributed by atoms with Gasteiger partial charge in [-0.15, -0.1) is 10.2 Å². The third-order valence-electron chi connectivity index (χ3n) is 4.85. The molecule has 1 saturated carbocycles. The molecule has 0 amide bonds. The summed E-state index contributed by atoms with van der Waals surface area (Å²) >= 11 is 5.74. The fourth-order valence-electron chi connectivity index (χ4n) is 3.34. The Morgan fingerprint density at radius 2 is 1.90 bits per heavy atom. The molecule has 1 aliphatic rings. The third-order valence-corrected chi connectivity index (χ3v) is 5.05. The SMILES string of the molecule is CCCCC(C)(C)C1CCC(Oc2ccc(Cl)nn2)CC1. The number of halogens is 1. The standard InChI is InChI=1S/C17H27ClN2O/c1-4-5-12-17(2,3)13-6-8-14(9-7-13)21-16-11-10-15(18)19-20-16/h10-11,13-14H,4-9,12H2,1-3H3. The molecule has 0 saturated heterocycles. The van der Waals surface area contributed by atoms with Crippen LogP contribution in [0.3, 0.4) is 0 Å². The van der Waals surface area contributed by atoms with E-state index < -0.39 is 0 Å². The van der Waals surface area contributed by atoms with Crippen molar-refractivity contribution >= 4 is 11.6 Å². The van der Waals surface area contributed by atoms with Gasteiger partial charge in [0.15, 0.2) is 5.15 Å². The monoisotopic (exact) mass is 310 g/mol. The van der Waals surface area contributed by atoms with Gasteiger partial charge in [-0.2, -0.15) is 0 Å². The number of ether oxygens (including phenoxy) is 1. The average molecular weight is 311 g/mol. The van der Waals surface area contributed by atoms with E-state index in [0.717, 1.165) is 18.8 Å². The summed E-state index contributed by atoms with van der Waals surface area (Å²) in [5, 5.41) is 8.21. The lowest BCUT2D eigenvalue weighted by Gasteiger charge is -2.39. The minimum atomic E-state index is 0.277. The summed E-state index contributed by atoms with van der Waals surface area (Å²) in [4.78, 5) is 0. The predicted octanol–water partition coefficient (Wildman–Crippen LogP) is 5.28. The van der Waals surface area contributed by atoms with Gasteiger partial charge in [-0.05, 0) is 49.5 Å². The van der Waals surface area contributed by atoms with Gasteiger partial charge < -0.3 is 4.74 Å². The van der Waals surface area contributed by atoms with Crippen LogP contribution in [0.1, 0.15) is 65.7 Å². The molecule has 118 valence electrons. The van der Waals surface area contributed by atoms with E-state index >= 15 is 0 Å². The van der Waals surface area contributed by atoms with Crippen LogP contribution in [-0.4, -0.2) is 16.3 Å². The topological polar surface area (TPSA) is 35.0 Å². The highest BCUT2D eigenvalue weighted by atomic mass is 35.5. The van der Waals surface area contributed by atoms with Crippen molar-refractivity contribution in [3.63, 3.8) is 0 Å². The van der Waals surface area contributed by atoms with Crippen LogP contribution < -0.4 is 4.74 Å². The van der Waals surface area contributed by atoms with Gasteiger partial charge in [-0.25, -0.2) is 0 Å². The number of rotatable bonds is 6. The molecule has 0 radical (unpaired) electrons. The van der Waals surface area contributed by atoms with Crippen molar-refractivity contribution in [2.75, 3.05) is 0 Å². The van der Waals surface area contributed by atoms with Gasteiger partial charge in [0.1, 0.15) is 6.10 Å². The van der Waals surface area contributed by atoms with Gasteiger partial charge in [0.2, 0.25) is 5.88 Å². The first-order valence-electron chi connectivity index (χ1n) is 8.17. The number of hydrogen-bond acceptors (Lipinski definition) is 3. The Morgan fingerprint density at radius 3 is 2.48 bits per heavy atom. The van der Waals surface area contributed by atoms with Crippen molar-refractivity contribution in [3.8, 4) is 5.88 Å². The fourth-order valence-corrected chi connectivity index (χ4v) is 3.44. The third kappa shape index (κ3) is 4.84. The second kappa shape index (κ2) is 7.44. The van der Waals surface area contributed by atoms with Crippen molar-refractivity contribution in [2.24, 2.45) is 11.3 Å².